The highest BCUT2D eigenvalue weighted by Gasteiger charge is 2.08. The van der Waals surface area contributed by atoms with Crippen molar-refractivity contribution in [1.82, 2.24) is 0 Å². The molecule has 0 aliphatic rings. The van der Waals surface area contributed by atoms with Crippen LogP contribution in [-0.2, 0) is 0 Å². The molecular formula is C16H14O4. The summed E-state index contributed by atoms with van der Waals surface area (Å²) in [4.78, 5) is 12.1. The molecule has 0 bridgehead atoms. The first kappa shape index (κ1) is 12.7. The lowest BCUT2D eigenvalue weighted by Crippen LogP contribution is -2.04. The van der Waals surface area contributed by atoms with Crippen LogP contribution < -0.4 is 10.4 Å². The highest BCUT2D eigenvalue weighted by Crippen LogP contribution is 2.26. The Bertz CT molecular complexity index is 833. The molecule has 1 aromatic heterocycles. The molecule has 0 aliphatic carbocycles. The molecule has 0 fully saturated rings. The summed E-state index contributed by atoms with van der Waals surface area (Å²) >= 11 is 0. The SMILES string of the molecule is Cc1ccc2c(c1)oc(=O)c1cc(OCCO)ccc12. The largest absolute Gasteiger partial charge is 0.491 e. The van der Waals surface area contributed by atoms with Gasteiger partial charge in [0.1, 0.15) is 17.9 Å². The maximum Gasteiger partial charge on any atom is 0.344 e. The molecule has 1 N–H and O–H groups in total. The van der Waals surface area contributed by atoms with E-state index in [2.05, 4.69) is 0 Å². The fourth-order valence-corrected chi connectivity index (χ4v) is 2.27. The Morgan fingerprint density at radius 2 is 1.90 bits per heavy atom. The number of hydrogen-bond donors (Lipinski definition) is 1. The highest BCUT2D eigenvalue weighted by atomic mass is 16.5. The van der Waals surface area contributed by atoms with Crippen molar-refractivity contribution in [2.45, 2.75) is 6.92 Å². The van der Waals surface area contributed by atoms with Gasteiger partial charge in [-0.05, 0) is 36.8 Å². The minimum Gasteiger partial charge on any atom is -0.491 e. The molecule has 102 valence electrons. The Morgan fingerprint density at radius 1 is 1.10 bits per heavy atom. The third-order valence-electron chi connectivity index (χ3n) is 3.20. The van der Waals surface area contributed by atoms with Crippen LogP contribution in [0.5, 0.6) is 5.75 Å². The molecular weight excluding hydrogens is 256 g/mol. The van der Waals surface area contributed by atoms with E-state index in [9.17, 15) is 4.79 Å². The van der Waals surface area contributed by atoms with Gasteiger partial charge >= 0.3 is 5.63 Å². The Kier molecular flexibility index (Phi) is 3.16. The Labute approximate surface area is 115 Å². The first-order valence-corrected chi connectivity index (χ1v) is 6.40. The number of aliphatic hydroxyl groups is 1. The number of hydrogen-bond acceptors (Lipinski definition) is 4. The molecule has 4 nitrogen and oxygen atoms in total. The monoisotopic (exact) mass is 270 g/mol. The van der Waals surface area contributed by atoms with E-state index in [0.717, 1.165) is 16.3 Å². The summed E-state index contributed by atoms with van der Waals surface area (Å²) in [5.74, 6) is 0.547. The van der Waals surface area contributed by atoms with Crippen LogP contribution in [0.4, 0.5) is 0 Å². The van der Waals surface area contributed by atoms with Crippen LogP contribution in [0.3, 0.4) is 0 Å². The average molecular weight is 270 g/mol. The standard InChI is InChI=1S/C16H14O4/c1-10-2-4-13-12-5-3-11(19-7-6-17)9-14(12)16(18)20-15(13)8-10/h2-5,8-9,17H,6-7H2,1H3. The van der Waals surface area contributed by atoms with Crippen molar-refractivity contribution in [3.05, 3.63) is 52.4 Å². The van der Waals surface area contributed by atoms with E-state index >= 15 is 0 Å². The zero-order chi connectivity index (χ0) is 14.1. The van der Waals surface area contributed by atoms with E-state index in [1.807, 2.05) is 31.2 Å². The van der Waals surface area contributed by atoms with Crippen molar-refractivity contribution in [2.75, 3.05) is 13.2 Å². The number of rotatable bonds is 3. The molecule has 2 aromatic carbocycles. The molecule has 20 heavy (non-hydrogen) atoms. The van der Waals surface area contributed by atoms with Crippen LogP contribution in [0.1, 0.15) is 5.56 Å². The quantitative estimate of drug-likeness (QED) is 0.587. The van der Waals surface area contributed by atoms with Crippen molar-refractivity contribution < 1.29 is 14.3 Å². The van der Waals surface area contributed by atoms with Gasteiger partial charge in [-0.2, -0.15) is 0 Å². The van der Waals surface area contributed by atoms with Gasteiger partial charge in [-0.1, -0.05) is 12.1 Å². The van der Waals surface area contributed by atoms with E-state index in [4.69, 9.17) is 14.3 Å². The number of ether oxygens (including phenoxy) is 1. The van der Waals surface area contributed by atoms with Crippen LogP contribution in [0.15, 0.2) is 45.6 Å². The lowest BCUT2D eigenvalue weighted by molar-refractivity contribution is 0.201. The van der Waals surface area contributed by atoms with Gasteiger partial charge in [0.05, 0.1) is 12.0 Å². The molecule has 4 heteroatoms. The van der Waals surface area contributed by atoms with Crippen LogP contribution >= 0.6 is 0 Å². The lowest BCUT2D eigenvalue weighted by atomic mass is 10.1. The van der Waals surface area contributed by atoms with Gasteiger partial charge in [0.25, 0.3) is 0 Å². The van der Waals surface area contributed by atoms with E-state index in [-0.39, 0.29) is 18.8 Å². The van der Waals surface area contributed by atoms with Crippen molar-refractivity contribution >= 4 is 21.7 Å². The fourth-order valence-electron chi connectivity index (χ4n) is 2.27. The second kappa shape index (κ2) is 4.98. The first-order valence-electron chi connectivity index (χ1n) is 6.40. The summed E-state index contributed by atoms with van der Waals surface area (Å²) in [5, 5.41) is 11.0. The molecule has 0 spiro atoms. The highest BCUT2D eigenvalue weighted by molar-refractivity contribution is 6.04. The Morgan fingerprint density at radius 3 is 2.70 bits per heavy atom. The average Bonchev–Trinajstić information content (AvgIpc) is 2.45. The third kappa shape index (κ3) is 2.14. The molecule has 3 aromatic rings. The van der Waals surface area contributed by atoms with Gasteiger partial charge in [-0.15, -0.1) is 0 Å². The molecule has 0 aliphatic heterocycles. The van der Waals surface area contributed by atoms with Gasteiger partial charge in [0, 0.05) is 10.8 Å². The molecule has 0 saturated heterocycles. The second-order valence-electron chi connectivity index (χ2n) is 4.67. The van der Waals surface area contributed by atoms with Gasteiger partial charge in [0.15, 0.2) is 0 Å². The van der Waals surface area contributed by atoms with Crippen molar-refractivity contribution in [1.29, 1.82) is 0 Å². The normalized spacial score (nSPS) is 11.1. The molecule has 0 unspecified atom stereocenters. The summed E-state index contributed by atoms with van der Waals surface area (Å²) in [6.07, 6.45) is 0. The van der Waals surface area contributed by atoms with Crippen LogP contribution in [-0.4, -0.2) is 18.3 Å². The Hall–Kier alpha value is -2.33. The predicted molar refractivity (Wildman–Crippen MR) is 77.3 cm³/mol. The topological polar surface area (TPSA) is 59.7 Å². The van der Waals surface area contributed by atoms with E-state index < -0.39 is 0 Å². The summed E-state index contributed by atoms with van der Waals surface area (Å²) in [6, 6.07) is 11.1. The van der Waals surface area contributed by atoms with Crippen molar-refractivity contribution in [3.63, 3.8) is 0 Å². The number of aliphatic hydroxyl groups excluding tert-OH is 1. The molecule has 0 radical (unpaired) electrons. The first-order chi connectivity index (χ1) is 9.69. The van der Waals surface area contributed by atoms with E-state index in [0.29, 0.717) is 16.7 Å². The maximum absolute atomic E-state index is 12.1. The van der Waals surface area contributed by atoms with Crippen LogP contribution in [0.2, 0.25) is 0 Å². The molecule has 1 heterocycles. The summed E-state index contributed by atoms with van der Waals surface area (Å²) in [6.45, 7) is 2.09. The third-order valence-corrected chi connectivity index (χ3v) is 3.20. The molecule has 3 rings (SSSR count). The van der Waals surface area contributed by atoms with Gasteiger partial charge in [0.2, 0.25) is 0 Å². The lowest BCUT2D eigenvalue weighted by Gasteiger charge is -2.07. The maximum atomic E-state index is 12.1. The molecule has 0 amide bonds. The summed E-state index contributed by atoms with van der Waals surface area (Å²) < 4.78 is 10.7. The van der Waals surface area contributed by atoms with Crippen LogP contribution in [0.25, 0.3) is 21.7 Å². The zero-order valence-corrected chi connectivity index (χ0v) is 11.1. The number of fused-ring (bicyclic) bond motifs is 3. The van der Waals surface area contributed by atoms with Crippen molar-refractivity contribution in [3.8, 4) is 5.75 Å². The molecule has 0 atom stereocenters. The van der Waals surface area contributed by atoms with Gasteiger partial charge in [-0.25, -0.2) is 4.79 Å². The smallest absolute Gasteiger partial charge is 0.344 e. The minimum absolute atomic E-state index is 0.0658. The Balaban J connectivity index is 2.26. The minimum atomic E-state index is -0.382. The zero-order valence-electron chi connectivity index (χ0n) is 11.1. The molecule has 0 saturated carbocycles. The van der Waals surface area contributed by atoms with E-state index in [1.165, 1.54) is 0 Å². The predicted octanol–water partition coefficient (Wildman–Crippen LogP) is 2.63. The van der Waals surface area contributed by atoms with Crippen molar-refractivity contribution in [2.24, 2.45) is 0 Å². The van der Waals surface area contributed by atoms with E-state index in [1.54, 1.807) is 12.1 Å². The fraction of sp³-hybridized carbons (Fsp3) is 0.188. The van der Waals surface area contributed by atoms with Gasteiger partial charge < -0.3 is 14.3 Å². The summed E-state index contributed by atoms with van der Waals surface area (Å²) in [5.41, 5.74) is 1.25. The summed E-state index contributed by atoms with van der Waals surface area (Å²) in [7, 11) is 0. The van der Waals surface area contributed by atoms with Gasteiger partial charge in [-0.3, -0.25) is 0 Å². The second-order valence-corrected chi connectivity index (χ2v) is 4.67. The number of aryl methyl sites for hydroxylation is 1. The van der Waals surface area contributed by atoms with Crippen LogP contribution in [0, 0.1) is 6.92 Å². The number of benzene rings is 2.